The topological polar surface area (TPSA) is 32.3 Å². The van der Waals surface area contributed by atoms with Crippen LogP contribution in [0.2, 0.25) is 0 Å². The standard InChI is InChI=1S/C16H24N2O/c1-12-4-6-15(7-5-12)13(2)17-16-8-10-18(11-9-16)14(3)19/h4-7,13,16-17H,8-11H2,1-3H3/t13-/m0/s1. The first-order valence-electron chi connectivity index (χ1n) is 7.14. The molecule has 3 heteroatoms. The lowest BCUT2D eigenvalue weighted by Gasteiger charge is -2.33. The van der Waals surface area contributed by atoms with Crippen LogP contribution in [0.3, 0.4) is 0 Å². The van der Waals surface area contributed by atoms with E-state index in [1.807, 2.05) is 4.90 Å². The summed E-state index contributed by atoms with van der Waals surface area (Å²) < 4.78 is 0. The molecule has 1 aromatic rings. The van der Waals surface area contributed by atoms with Crippen molar-refractivity contribution in [3.8, 4) is 0 Å². The van der Waals surface area contributed by atoms with E-state index < -0.39 is 0 Å². The molecule has 0 aliphatic carbocycles. The molecule has 2 rings (SSSR count). The minimum atomic E-state index is 0.199. The number of carbonyl (C=O) groups excluding carboxylic acids is 1. The monoisotopic (exact) mass is 260 g/mol. The first kappa shape index (κ1) is 14.1. The fourth-order valence-corrected chi connectivity index (χ4v) is 2.67. The van der Waals surface area contributed by atoms with Gasteiger partial charge in [0.25, 0.3) is 0 Å². The molecule has 104 valence electrons. The van der Waals surface area contributed by atoms with Gasteiger partial charge in [-0.3, -0.25) is 4.79 Å². The molecule has 3 nitrogen and oxygen atoms in total. The fourth-order valence-electron chi connectivity index (χ4n) is 2.67. The second kappa shape index (κ2) is 6.20. The zero-order valence-electron chi connectivity index (χ0n) is 12.1. The zero-order valence-corrected chi connectivity index (χ0v) is 12.1. The van der Waals surface area contributed by atoms with Gasteiger partial charge in [0.1, 0.15) is 0 Å². The highest BCUT2D eigenvalue weighted by Crippen LogP contribution is 2.18. The number of likely N-dealkylation sites (tertiary alicyclic amines) is 1. The number of carbonyl (C=O) groups is 1. The number of hydrogen-bond acceptors (Lipinski definition) is 2. The first-order valence-corrected chi connectivity index (χ1v) is 7.14. The van der Waals surface area contributed by atoms with Crippen molar-refractivity contribution in [1.29, 1.82) is 0 Å². The smallest absolute Gasteiger partial charge is 0.219 e. The predicted molar refractivity (Wildman–Crippen MR) is 78.0 cm³/mol. The maximum atomic E-state index is 11.3. The second-order valence-corrected chi connectivity index (χ2v) is 5.58. The van der Waals surface area contributed by atoms with Gasteiger partial charge in [-0.15, -0.1) is 0 Å². The van der Waals surface area contributed by atoms with Gasteiger partial charge in [0.05, 0.1) is 0 Å². The normalized spacial score (nSPS) is 18.4. The highest BCUT2D eigenvalue weighted by Gasteiger charge is 2.21. The summed E-state index contributed by atoms with van der Waals surface area (Å²) in [6.07, 6.45) is 2.10. The molecular formula is C16H24N2O. The molecule has 0 saturated carbocycles. The Balaban J connectivity index is 1.85. The van der Waals surface area contributed by atoms with Gasteiger partial charge in [-0.1, -0.05) is 29.8 Å². The maximum absolute atomic E-state index is 11.3. The molecule has 1 aliphatic heterocycles. The maximum Gasteiger partial charge on any atom is 0.219 e. The van der Waals surface area contributed by atoms with Crippen LogP contribution in [-0.4, -0.2) is 29.9 Å². The summed E-state index contributed by atoms with van der Waals surface area (Å²) in [5.74, 6) is 0.199. The van der Waals surface area contributed by atoms with Crippen LogP contribution in [-0.2, 0) is 4.79 Å². The third kappa shape index (κ3) is 3.80. The Kier molecular flexibility index (Phi) is 4.59. The lowest BCUT2D eigenvalue weighted by molar-refractivity contribution is -0.129. The van der Waals surface area contributed by atoms with Crippen LogP contribution in [0.25, 0.3) is 0 Å². The molecule has 1 aliphatic rings. The molecule has 0 bridgehead atoms. The fraction of sp³-hybridized carbons (Fsp3) is 0.562. The van der Waals surface area contributed by atoms with Gasteiger partial charge in [-0.05, 0) is 32.3 Å². The summed E-state index contributed by atoms with van der Waals surface area (Å²) in [7, 11) is 0. The van der Waals surface area contributed by atoms with E-state index in [1.165, 1.54) is 11.1 Å². The third-order valence-electron chi connectivity index (χ3n) is 4.00. The molecule has 0 radical (unpaired) electrons. The van der Waals surface area contributed by atoms with Crippen molar-refractivity contribution in [1.82, 2.24) is 10.2 Å². The van der Waals surface area contributed by atoms with E-state index in [1.54, 1.807) is 6.92 Å². The van der Waals surface area contributed by atoms with Crippen LogP contribution in [0.15, 0.2) is 24.3 Å². The minimum absolute atomic E-state index is 0.199. The van der Waals surface area contributed by atoms with Crippen molar-refractivity contribution in [3.05, 3.63) is 35.4 Å². The zero-order chi connectivity index (χ0) is 13.8. The molecular weight excluding hydrogens is 236 g/mol. The number of amides is 1. The van der Waals surface area contributed by atoms with E-state index in [0.717, 1.165) is 25.9 Å². The highest BCUT2D eigenvalue weighted by molar-refractivity contribution is 5.73. The molecule has 1 saturated heterocycles. The molecule has 1 N–H and O–H groups in total. The average molecular weight is 260 g/mol. The summed E-state index contributed by atoms with van der Waals surface area (Å²) in [5, 5.41) is 3.68. The SMILES string of the molecule is CC(=O)N1CCC(N[C@@H](C)c2ccc(C)cc2)CC1. The Morgan fingerprint density at radius 1 is 1.26 bits per heavy atom. The second-order valence-electron chi connectivity index (χ2n) is 5.58. The van der Waals surface area contributed by atoms with E-state index in [-0.39, 0.29) is 5.91 Å². The largest absolute Gasteiger partial charge is 0.343 e. The number of nitrogens with zero attached hydrogens (tertiary/aromatic N) is 1. The lowest BCUT2D eigenvalue weighted by Crippen LogP contribution is -2.44. The van der Waals surface area contributed by atoms with Gasteiger partial charge in [0.2, 0.25) is 5.91 Å². The Hall–Kier alpha value is -1.35. The van der Waals surface area contributed by atoms with Crippen LogP contribution in [0.4, 0.5) is 0 Å². The van der Waals surface area contributed by atoms with E-state index in [0.29, 0.717) is 12.1 Å². The van der Waals surface area contributed by atoms with Crippen molar-refractivity contribution in [2.24, 2.45) is 0 Å². The molecule has 0 spiro atoms. The number of aryl methyl sites for hydroxylation is 1. The van der Waals surface area contributed by atoms with Crippen molar-refractivity contribution in [2.45, 2.75) is 45.7 Å². The van der Waals surface area contributed by atoms with Crippen molar-refractivity contribution >= 4 is 5.91 Å². The predicted octanol–water partition coefficient (Wildman–Crippen LogP) is 2.66. The molecule has 1 amide bonds. The van der Waals surface area contributed by atoms with Crippen LogP contribution in [0, 0.1) is 6.92 Å². The summed E-state index contributed by atoms with van der Waals surface area (Å²) in [6, 6.07) is 9.59. The van der Waals surface area contributed by atoms with E-state index in [4.69, 9.17) is 0 Å². The Labute approximate surface area is 116 Å². The number of nitrogens with one attached hydrogen (secondary N) is 1. The molecule has 1 atom stereocenters. The minimum Gasteiger partial charge on any atom is -0.343 e. The van der Waals surface area contributed by atoms with E-state index in [2.05, 4.69) is 43.4 Å². The van der Waals surface area contributed by atoms with Gasteiger partial charge in [0.15, 0.2) is 0 Å². The summed E-state index contributed by atoms with van der Waals surface area (Å²) in [5.41, 5.74) is 2.63. The Morgan fingerprint density at radius 3 is 2.37 bits per heavy atom. The van der Waals surface area contributed by atoms with Gasteiger partial charge in [-0.25, -0.2) is 0 Å². The molecule has 1 aromatic carbocycles. The average Bonchev–Trinajstić information content (AvgIpc) is 2.40. The van der Waals surface area contributed by atoms with Crippen LogP contribution in [0.5, 0.6) is 0 Å². The summed E-state index contributed by atoms with van der Waals surface area (Å²) in [6.45, 7) is 7.74. The van der Waals surface area contributed by atoms with Gasteiger partial charge >= 0.3 is 0 Å². The van der Waals surface area contributed by atoms with E-state index >= 15 is 0 Å². The van der Waals surface area contributed by atoms with Gasteiger partial charge in [0, 0.05) is 32.1 Å². The van der Waals surface area contributed by atoms with E-state index in [9.17, 15) is 4.79 Å². The van der Waals surface area contributed by atoms with Crippen LogP contribution >= 0.6 is 0 Å². The first-order chi connectivity index (χ1) is 9.06. The Bertz CT molecular complexity index is 419. The molecule has 0 unspecified atom stereocenters. The van der Waals surface area contributed by atoms with Crippen molar-refractivity contribution < 1.29 is 4.79 Å². The van der Waals surface area contributed by atoms with Crippen molar-refractivity contribution in [2.75, 3.05) is 13.1 Å². The number of piperidine rings is 1. The Morgan fingerprint density at radius 2 is 1.84 bits per heavy atom. The summed E-state index contributed by atoms with van der Waals surface area (Å²) >= 11 is 0. The van der Waals surface area contributed by atoms with Gasteiger partial charge < -0.3 is 10.2 Å². The molecule has 19 heavy (non-hydrogen) atoms. The van der Waals surface area contributed by atoms with Crippen LogP contribution in [0.1, 0.15) is 43.9 Å². The number of hydrogen-bond donors (Lipinski definition) is 1. The third-order valence-corrected chi connectivity index (χ3v) is 4.00. The van der Waals surface area contributed by atoms with Crippen molar-refractivity contribution in [3.63, 3.8) is 0 Å². The lowest BCUT2D eigenvalue weighted by atomic mass is 10.0. The number of rotatable bonds is 3. The summed E-state index contributed by atoms with van der Waals surface area (Å²) in [4.78, 5) is 13.2. The quantitative estimate of drug-likeness (QED) is 0.906. The number of benzene rings is 1. The molecule has 0 aromatic heterocycles. The molecule has 1 heterocycles. The highest BCUT2D eigenvalue weighted by atomic mass is 16.2. The van der Waals surface area contributed by atoms with Crippen LogP contribution < -0.4 is 5.32 Å². The molecule has 1 fully saturated rings. The van der Waals surface area contributed by atoms with Gasteiger partial charge in [-0.2, -0.15) is 0 Å².